The molecule has 1 radical (unpaired) electrons. The van der Waals surface area contributed by atoms with E-state index in [1.54, 1.807) is 0 Å². The summed E-state index contributed by atoms with van der Waals surface area (Å²) in [5.41, 5.74) is 0. The van der Waals surface area contributed by atoms with Crippen LogP contribution in [0.3, 0.4) is 0 Å². The van der Waals surface area contributed by atoms with Gasteiger partial charge in [0.25, 0.3) is 0 Å². The lowest BCUT2D eigenvalue weighted by Crippen LogP contribution is -2.27. The van der Waals surface area contributed by atoms with Crippen LogP contribution in [0.2, 0.25) is 0 Å². The molecule has 0 spiro atoms. The van der Waals surface area contributed by atoms with Crippen LogP contribution < -0.4 is 0 Å². The molecule has 0 aromatic heterocycles. The zero-order chi connectivity index (χ0) is 6.85. The maximum Gasteiger partial charge on any atom is 0.00387 e. The Morgan fingerprint density at radius 1 is 1.56 bits per heavy atom. The summed E-state index contributed by atoms with van der Waals surface area (Å²) in [6.45, 7) is 11.0. The summed E-state index contributed by atoms with van der Waals surface area (Å²) in [6, 6.07) is 0.719. The van der Waals surface area contributed by atoms with Crippen LogP contribution >= 0.6 is 0 Å². The van der Waals surface area contributed by atoms with E-state index in [4.69, 9.17) is 0 Å². The summed E-state index contributed by atoms with van der Waals surface area (Å²) >= 11 is 0. The van der Waals surface area contributed by atoms with E-state index in [1.165, 1.54) is 19.5 Å². The van der Waals surface area contributed by atoms with Gasteiger partial charge in [-0.25, -0.2) is 0 Å². The number of hydrogen-bond acceptors (Lipinski definition) is 1. The topological polar surface area (TPSA) is 3.24 Å². The number of hydrogen-bond donors (Lipinski definition) is 0. The largest absolute Gasteiger partial charge is 0.301 e. The summed E-state index contributed by atoms with van der Waals surface area (Å²) in [5, 5.41) is 0. The Bertz CT molecular complexity index is 88.6. The zero-order valence-electron chi connectivity index (χ0n) is 6.43. The van der Waals surface area contributed by atoms with Gasteiger partial charge in [-0.05, 0) is 39.7 Å². The fourth-order valence-electron chi connectivity index (χ4n) is 1.33. The molecular weight excluding hydrogens is 110 g/mol. The normalized spacial score (nSPS) is 30.0. The van der Waals surface area contributed by atoms with Crippen LogP contribution in [0.25, 0.3) is 0 Å². The van der Waals surface area contributed by atoms with Crippen LogP contribution in [-0.4, -0.2) is 24.0 Å². The molecule has 1 aliphatic heterocycles. The molecular formula is C8H16N. The van der Waals surface area contributed by atoms with Gasteiger partial charge in [-0.15, -0.1) is 0 Å². The van der Waals surface area contributed by atoms with Crippen molar-refractivity contribution in [2.24, 2.45) is 5.92 Å². The first kappa shape index (κ1) is 7.07. The standard InChI is InChI=1S/C8H16N/c1-7(2)9-5-4-8(3)6-9/h7-8H,3-6H2,1-2H3/t8-/m1/s1. The average Bonchev–Trinajstić information content (AvgIpc) is 2.14. The van der Waals surface area contributed by atoms with E-state index in [0.717, 1.165) is 6.04 Å². The number of likely N-dealkylation sites (tertiary alicyclic amines) is 1. The molecule has 0 aromatic carbocycles. The Morgan fingerprint density at radius 2 is 2.22 bits per heavy atom. The van der Waals surface area contributed by atoms with Gasteiger partial charge < -0.3 is 4.90 Å². The molecule has 0 bridgehead atoms. The summed E-state index contributed by atoms with van der Waals surface area (Å²) < 4.78 is 0. The Hall–Kier alpha value is -0.0400. The van der Waals surface area contributed by atoms with Crippen molar-refractivity contribution in [2.75, 3.05) is 13.1 Å². The minimum atomic E-state index is 0.687. The van der Waals surface area contributed by atoms with Crippen LogP contribution in [0, 0.1) is 12.8 Å². The van der Waals surface area contributed by atoms with Crippen LogP contribution in [0.15, 0.2) is 0 Å². The first-order valence-electron chi connectivity index (χ1n) is 3.77. The van der Waals surface area contributed by atoms with E-state index in [-0.39, 0.29) is 0 Å². The number of rotatable bonds is 1. The van der Waals surface area contributed by atoms with Gasteiger partial charge >= 0.3 is 0 Å². The first-order valence-corrected chi connectivity index (χ1v) is 3.77. The smallest absolute Gasteiger partial charge is 0.00387 e. The van der Waals surface area contributed by atoms with E-state index < -0.39 is 0 Å². The van der Waals surface area contributed by atoms with Gasteiger partial charge in [0.2, 0.25) is 0 Å². The minimum Gasteiger partial charge on any atom is -0.301 e. The maximum absolute atomic E-state index is 4.03. The van der Waals surface area contributed by atoms with Gasteiger partial charge in [0.1, 0.15) is 0 Å². The third kappa shape index (κ3) is 1.68. The SMILES string of the molecule is [CH2][C@@H]1CCN(C(C)C)C1. The van der Waals surface area contributed by atoms with Gasteiger partial charge in [-0.3, -0.25) is 0 Å². The quantitative estimate of drug-likeness (QED) is 0.515. The highest BCUT2D eigenvalue weighted by Gasteiger charge is 2.19. The van der Waals surface area contributed by atoms with E-state index >= 15 is 0 Å². The second kappa shape index (κ2) is 2.70. The molecule has 9 heavy (non-hydrogen) atoms. The second-order valence-corrected chi connectivity index (χ2v) is 3.24. The Morgan fingerprint density at radius 3 is 2.44 bits per heavy atom. The van der Waals surface area contributed by atoms with E-state index in [9.17, 15) is 0 Å². The van der Waals surface area contributed by atoms with Gasteiger partial charge in [0, 0.05) is 12.6 Å². The summed E-state index contributed by atoms with van der Waals surface area (Å²) in [4.78, 5) is 2.48. The van der Waals surface area contributed by atoms with E-state index in [0.29, 0.717) is 5.92 Å². The predicted octanol–water partition coefficient (Wildman–Crippen LogP) is 1.55. The molecule has 0 aliphatic carbocycles. The van der Waals surface area contributed by atoms with Crippen molar-refractivity contribution < 1.29 is 0 Å². The Labute approximate surface area is 58.0 Å². The summed E-state index contributed by atoms with van der Waals surface area (Å²) in [5.74, 6) is 0.687. The molecule has 1 fully saturated rings. The molecule has 0 aromatic rings. The Kier molecular flexibility index (Phi) is 2.12. The highest BCUT2D eigenvalue weighted by Crippen LogP contribution is 2.16. The average molecular weight is 126 g/mol. The second-order valence-electron chi connectivity index (χ2n) is 3.24. The molecule has 53 valence electrons. The molecule has 1 atom stereocenters. The van der Waals surface area contributed by atoms with Crippen molar-refractivity contribution in [2.45, 2.75) is 26.3 Å². The van der Waals surface area contributed by atoms with Crippen molar-refractivity contribution in [1.29, 1.82) is 0 Å². The third-order valence-electron chi connectivity index (χ3n) is 2.05. The molecule has 0 unspecified atom stereocenters. The highest BCUT2D eigenvalue weighted by molar-refractivity contribution is 4.78. The lowest BCUT2D eigenvalue weighted by Gasteiger charge is -2.19. The lowest BCUT2D eigenvalue weighted by atomic mass is 10.2. The van der Waals surface area contributed by atoms with Crippen LogP contribution in [-0.2, 0) is 0 Å². The van der Waals surface area contributed by atoms with Crippen molar-refractivity contribution in [3.05, 3.63) is 6.92 Å². The first-order chi connectivity index (χ1) is 4.20. The van der Waals surface area contributed by atoms with Gasteiger partial charge in [0.15, 0.2) is 0 Å². The van der Waals surface area contributed by atoms with Crippen molar-refractivity contribution in [1.82, 2.24) is 4.90 Å². The molecule has 0 N–H and O–H groups in total. The van der Waals surface area contributed by atoms with Gasteiger partial charge in [-0.1, -0.05) is 0 Å². The van der Waals surface area contributed by atoms with Crippen LogP contribution in [0.1, 0.15) is 20.3 Å². The fraction of sp³-hybridized carbons (Fsp3) is 0.875. The maximum atomic E-state index is 4.03. The monoisotopic (exact) mass is 126 g/mol. The molecule has 1 heteroatoms. The summed E-state index contributed by atoms with van der Waals surface area (Å²) in [6.07, 6.45) is 1.29. The summed E-state index contributed by atoms with van der Waals surface area (Å²) in [7, 11) is 0. The molecule has 1 rings (SSSR count). The van der Waals surface area contributed by atoms with Gasteiger partial charge in [-0.2, -0.15) is 0 Å². The van der Waals surface area contributed by atoms with E-state index in [1.807, 2.05) is 0 Å². The van der Waals surface area contributed by atoms with E-state index in [2.05, 4.69) is 25.7 Å². The lowest BCUT2D eigenvalue weighted by molar-refractivity contribution is 0.270. The minimum absolute atomic E-state index is 0.687. The molecule has 0 amide bonds. The molecule has 0 saturated carbocycles. The number of nitrogens with zero attached hydrogens (tertiary/aromatic N) is 1. The zero-order valence-corrected chi connectivity index (χ0v) is 6.43. The van der Waals surface area contributed by atoms with Crippen LogP contribution in [0.5, 0.6) is 0 Å². The fourth-order valence-corrected chi connectivity index (χ4v) is 1.33. The highest BCUT2D eigenvalue weighted by atomic mass is 15.2. The molecule has 1 heterocycles. The molecule has 1 saturated heterocycles. The predicted molar refractivity (Wildman–Crippen MR) is 40.2 cm³/mol. The molecule has 1 nitrogen and oxygen atoms in total. The van der Waals surface area contributed by atoms with Crippen molar-refractivity contribution >= 4 is 0 Å². The molecule has 1 aliphatic rings. The Balaban J connectivity index is 2.30. The third-order valence-corrected chi connectivity index (χ3v) is 2.05. The van der Waals surface area contributed by atoms with Gasteiger partial charge in [0.05, 0.1) is 0 Å². The van der Waals surface area contributed by atoms with Crippen molar-refractivity contribution in [3.8, 4) is 0 Å². The van der Waals surface area contributed by atoms with Crippen molar-refractivity contribution in [3.63, 3.8) is 0 Å². The van der Waals surface area contributed by atoms with Crippen LogP contribution in [0.4, 0.5) is 0 Å².